The molecule has 4 rings (SSSR count). The zero-order chi connectivity index (χ0) is 18.3. The molecule has 1 fully saturated rings. The second kappa shape index (κ2) is 6.85. The molecule has 1 aromatic carbocycles. The van der Waals surface area contributed by atoms with E-state index in [2.05, 4.69) is 15.2 Å². The third-order valence-corrected chi connectivity index (χ3v) is 5.66. The zero-order valence-electron chi connectivity index (χ0n) is 14.6. The summed E-state index contributed by atoms with van der Waals surface area (Å²) >= 11 is 12.5. The van der Waals surface area contributed by atoms with Crippen LogP contribution in [0.15, 0.2) is 24.4 Å². The van der Waals surface area contributed by atoms with Crippen molar-refractivity contribution in [2.75, 3.05) is 29.9 Å². The number of nitrogens with one attached hydrogen (secondary N) is 1. The topological polar surface area (TPSA) is 64.1 Å². The fourth-order valence-electron chi connectivity index (χ4n) is 3.97. The lowest BCUT2D eigenvalue weighted by Crippen LogP contribution is -2.49. The van der Waals surface area contributed by atoms with Crippen LogP contribution in [0, 0.1) is 5.21 Å². The van der Waals surface area contributed by atoms with Crippen molar-refractivity contribution < 1.29 is 0 Å². The van der Waals surface area contributed by atoms with Gasteiger partial charge in [-0.3, -0.25) is 0 Å². The van der Waals surface area contributed by atoms with Crippen molar-refractivity contribution in [1.29, 1.82) is 0 Å². The maximum absolute atomic E-state index is 13.9. The van der Waals surface area contributed by atoms with Gasteiger partial charge in [-0.2, -0.15) is 4.98 Å². The van der Waals surface area contributed by atoms with Crippen molar-refractivity contribution in [3.05, 3.63) is 45.2 Å². The molecule has 1 aromatic heterocycles. The van der Waals surface area contributed by atoms with Crippen molar-refractivity contribution in [1.82, 2.24) is 14.6 Å². The smallest absolute Gasteiger partial charge is 0.224 e. The van der Waals surface area contributed by atoms with Crippen molar-refractivity contribution in [2.45, 2.75) is 32.4 Å². The van der Waals surface area contributed by atoms with Gasteiger partial charge in [0, 0.05) is 30.4 Å². The number of rotatable bonds is 3. The number of anilines is 2. The van der Waals surface area contributed by atoms with E-state index in [0.29, 0.717) is 28.2 Å². The first-order valence-electron chi connectivity index (χ1n) is 8.90. The Labute approximate surface area is 162 Å². The summed E-state index contributed by atoms with van der Waals surface area (Å²) in [5.41, 5.74) is 1.36. The first-order valence-corrected chi connectivity index (χ1v) is 9.66. The van der Waals surface area contributed by atoms with Crippen molar-refractivity contribution >= 4 is 40.7 Å². The summed E-state index contributed by atoms with van der Waals surface area (Å²) in [7, 11) is 0. The lowest BCUT2D eigenvalue weighted by Gasteiger charge is -2.43. The van der Waals surface area contributed by atoms with Gasteiger partial charge in [-0.15, -0.1) is 0 Å². The van der Waals surface area contributed by atoms with Crippen LogP contribution in [-0.4, -0.2) is 35.6 Å². The van der Waals surface area contributed by atoms with Gasteiger partial charge in [0.15, 0.2) is 5.69 Å². The molecule has 1 N–H and O–H groups in total. The monoisotopic (exact) mass is 393 g/mol. The Morgan fingerprint density at radius 2 is 2.23 bits per heavy atom. The van der Waals surface area contributed by atoms with Gasteiger partial charge >= 0.3 is 0 Å². The van der Waals surface area contributed by atoms with Gasteiger partial charge in [-0.25, -0.2) is 4.98 Å². The second-order valence-corrected chi connectivity index (χ2v) is 7.73. The Morgan fingerprint density at radius 3 is 3.04 bits per heavy atom. The lowest BCUT2D eigenvalue weighted by atomic mass is 10.2. The molecule has 0 radical (unpaired) electrons. The molecule has 1 saturated heterocycles. The number of aromatic nitrogens is 2. The van der Waals surface area contributed by atoms with E-state index >= 15 is 0 Å². The van der Waals surface area contributed by atoms with Crippen LogP contribution in [-0.2, 0) is 6.54 Å². The molecule has 3 heterocycles. The Balaban J connectivity index is 1.81. The van der Waals surface area contributed by atoms with Gasteiger partial charge in [-0.1, -0.05) is 23.2 Å². The van der Waals surface area contributed by atoms with E-state index in [9.17, 15) is 5.21 Å². The van der Waals surface area contributed by atoms with Crippen molar-refractivity contribution in [3.8, 4) is 0 Å². The van der Waals surface area contributed by atoms with Gasteiger partial charge in [0.05, 0.1) is 11.6 Å². The summed E-state index contributed by atoms with van der Waals surface area (Å²) in [6, 6.07) is 5.22. The molecule has 0 amide bonds. The predicted molar refractivity (Wildman–Crippen MR) is 107 cm³/mol. The molecule has 0 bridgehead atoms. The van der Waals surface area contributed by atoms with E-state index in [1.54, 1.807) is 24.4 Å². The molecular formula is C18H21Cl2N5O. The summed E-state index contributed by atoms with van der Waals surface area (Å²) in [5.74, 6) is 1.47. The van der Waals surface area contributed by atoms with Gasteiger partial charge in [0.1, 0.15) is 23.9 Å². The van der Waals surface area contributed by atoms with Crippen LogP contribution in [0.5, 0.6) is 0 Å². The first kappa shape index (κ1) is 17.8. The molecule has 138 valence electrons. The van der Waals surface area contributed by atoms with E-state index in [1.165, 1.54) is 0 Å². The molecule has 6 nitrogen and oxygen atoms in total. The minimum atomic E-state index is -0.544. The number of benzene rings is 1. The maximum Gasteiger partial charge on any atom is 0.224 e. The quantitative estimate of drug-likeness (QED) is 0.624. The molecule has 2 aromatic rings. The third kappa shape index (κ3) is 3.11. The number of hydrogen-bond donors (Lipinski definition) is 1. The third-order valence-electron chi connectivity index (χ3n) is 5.10. The summed E-state index contributed by atoms with van der Waals surface area (Å²) in [4.78, 5) is 11.3. The van der Waals surface area contributed by atoms with E-state index in [4.69, 9.17) is 28.2 Å². The van der Waals surface area contributed by atoms with Crippen molar-refractivity contribution in [2.24, 2.45) is 0 Å². The number of halogens is 2. The minimum absolute atomic E-state index is 0.133. The van der Waals surface area contributed by atoms with E-state index in [0.717, 1.165) is 37.3 Å². The van der Waals surface area contributed by atoms with E-state index in [-0.39, 0.29) is 12.6 Å². The SMILES string of the molecule is CCNc1ncc2c(n1)N1CCC[C@H]1C[N+]([O-])(c1cc(Cl)ccc1Cl)C2. The second-order valence-electron chi connectivity index (χ2n) is 6.89. The van der Waals surface area contributed by atoms with Crippen LogP contribution in [0.25, 0.3) is 0 Å². The molecule has 26 heavy (non-hydrogen) atoms. The van der Waals surface area contributed by atoms with Crippen LogP contribution < -0.4 is 14.9 Å². The average molecular weight is 394 g/mol. The van der Waals surface area contributed by atoms with Gasteiger partial charge in [0.2, 0.25) is 5.95 Å². The highest BCUT2D eigenvalue weighted by molar-refractivity contribution is 6.35. The maximum atomic E-state index is 13.9. The molecule has 8 heteroatoms. The number of hydroxylamine groups is 2. The normalized spacial score (nSPS) is 24.8. The first-order chi connectivity index (χ1) is 12.5. The fourth-order valence-corrected chi connectivity index (χ4v) is 4.41. The van der Waals surface area contributed by atoms with E-state index < -0.39 is 4.65 Å². The van der Waals surface area contributed by atoms with E-state index in [1.807, 2.05) is 6.92 Å². The van der Waals surface area contributed by atoms with Gasteiger partial charge < -0.3 is 20.1 Å². The van der Waals surface area contributed by atoms with Crippen LogP contribution in [0.1, 0.15) is 25.3 Å². The summed E-state index contributed by atoms with van der Waals surface area (Å²) in [6.07, 6.45) is 3.79. The largest absolute Gasteiger partial charge is 0.627 e. The number of fused-ring (bicyclic) bond motifs is 3. The summed E-state index contributed by atoms with van der Waals surface area (Å²) in [5, 5.41) is 18.1. The molecule has 0 aliphatic carbocycles. The van der Waals surface area contributed by atoms with Crippen molar-refractivity contribution in [3.63, 3.8) is 0 Å². The summed E-state index contributed by atoms with van der Waals surface area (Å²) in [6.45, 7) is 4.33. The summed E-state index contributed by atoms with van der Waals surface area (Å²) < 4.78 is -0.544. The van der Waals surface area contributed by atoms with Crippen LogP contribution in [0.4, 0.5) is 17.5 Å². The molecule has 0 saturated carbocycles. The number of hydrogen-bond acceptors (Lipinski definition) is 5. The Morgan fingerprint density at radius 1 is 1.38 bits per heavy atom. The van der Waals surface area contributed by atoms with Crippen LogP contribution in [0.3, 0.4) is 0 Å². The average Bonchev–Trinajstić information content (AvgIpc) is 3.01. The Hall–Kier alpha value is -1.60. The molecule has 2 atom stereocenters. The van der Waals surface area contributed by atoms with Crippen LogP contribution >= 0.6 is 23.2 Å². The fraction of sp³-hybridized carbons (Fsp3) is 0.444. The molecule has 0 spiro atoms. The standard InChI is InChI=1S/C18H21Cl2N5O/c1-2-21-18-22-9-12-10-25(26,16-8-13(19)5-6-15(16)20)11-14-4-3-7-24(14)17(12)23-18/h5-6,8-9,14H,2-4,7,10-11H2,1H3,(H,21,22,23)/t14-,25?/m0/s1. The molecule has 1 unspecified atom stereocenters. The van der Waals surface area contributed by atoms with Gasteiger partial charge in [-0.05, 0) is 31.9 Å². The minimum Gasteiger partial charge on any atom is -0.627 e. The molecule has 2 aliphatic rings. The highest BCUT2D eigenvalue weighted by Gasteiger charge is 2.39. The molecule has 2 aliphatic heterocycles. The lowest BCUT2D eigenvalue weighted by molar-refractivity contribution is 0.346. The Bertz CT molecular complexity index is 833. The van der Waals surface area contributed by atoms with Gasteiger partial charge in [0.25, 0.3) is 0 Å². The highest BCUT2D eigenvalue weighted by atomic mass is 35.5. The number of nitrogens with zero attached hydrogens (tertiary/aromatic N) is 4. The Kier molecular flexibility index (Phi) is 4.69. The predicted octanol–water partition coefficient (Wildman–Crippen LogP) is 4.20. The van der Waals surface area contributed by atoms with Crippen LogP contribution in [0.2, 0.25) is 10.0 Å². The molecular weight excluding hydrogens is 373 g/mol. The highest BCUT2D eigenvalue weighted by Crippen LogP contribution is 2.41. The number of quaternary nitrogens is 1. The zero-order valence-corrected chi connectivity index (χ0v) is 16.1.